The minimum absolute atomic E-state index is 0. The van der Waals surface area contributed by atoms with Gasteiger partial charge in [-0.2, -0.15) is 0 Å². The summed E-state index contributed by atoms with van der Waals surface area (Å²) in [5.74, 6) is 1.28. The van der Waals surface area contributed by atoms with Crippen molar-refractivity contribution in [3.05, 3.63) is 23.8 Å². The average Bonchev–Trinajstić information content (AvgIpc) is 2.30. The summed E-state index contributed by atoms with van der Waals surface area (Å²) >= 11 is 0. The number of amides is 1. The number of nitrogens with one attached hydrogen (secondary N) is 2. The Kier molecular flexibility index (Phi) is 6.30. The summed E-state index contributed by atoms with van der Waals surface area (Å²) in [6, 6.07) is 5.84. The van der Waals surface area contributed by atoms with Crippen molar-refractivity contribution in [1.82, 2.24) is 5.32 Å². The fraction of sp³-hybridized carbons (Fsp3) is 0.533. The van der Waals surface area contributed by atoms with Crippen molar-refractivity contribution in [2.45, 2.75) is 20.8 Å². The molecule has 1 atom stereocenters. The highest BCUT2D eigenvalue weighted by Gasteiger charge is 2.29. The first-order chi connectivity index (χ1) is 9.11. The molecule has 0 aromatic heterocycles. The van der Waals surface area contributed by atoms with Crippen LogP contribution in [0.3, 0.4) is 0 Å². The molecule has 1 aromatic carbocycles. The maximum Gasteiger partial charge on any atom is 0.227 e. The molecule has 1 heterocycles. The second-order valence-electron chi connectivity index (χ2n) is 5.13. The first kappa shape index (κ1) is 16.8. The molecule has 2 N–H and O–H groups in total. The van der Waals surface area contributed by atoms with E-state index in [1.807, 2.05) is 39.0 Å². The minimum atomic E-state index is 0. The van der Waals surface area contributed by atoms with Gasteiger partial charge in [0, 0.05) is 5.92 Å². The predicted octanol–water partition coefficient (Wildman–Crippen LogP) is 2.61. The van der Waals surface area contributed by atoms with Crippen LogP contribution in [0.15, 0.2) is 18.2 Å². The fourth-order valence-electron chi connectivity index (χ4n) is 2.13. The lowest BCUT2D eigenvalue weighted by Gasteiger charge is -2.31. The molecule has 0 saturated carbocycles. The summed E-state index contributed by atoms with van der Waals surface area (Å²) in [6.07, 6.45) is 0. The zero-order valence-corrected chi connectivity index (χ0v) is 13.0. The largest absolute Gasteiger partial charge is 0.492 e. The van der Waals surface area contributed by atoms with E-state index in [-0.39, 0.29) is 24.2 Å². The Morgan fingerprint density at radius 2 is 2.20 bits per heavy atom. The van der Waals surface area contributed by atoms with E-state index in [2.05, 4.69) is 10.6 Å². The van der Waals surface area contributed by atoms with E-state index in [0.717, 1.165) is 30.1 Å². The number of carbonyl (C=O) groups is 1. The molecule has 0 spiro atoms. The van der Waals surface area contributed by atoms with Gasteiger partial charge < -0.3 is 15.4 Å². The summed E-state index contributed by atoms with van der Waals surface area (Å²) < 4.78 is 5.57. The van der Waals surface area contributed by atoms with Crippen LogP contribution in [0.4, 0.5) is 5.69 Å². The highest BCUT2D eigenvalue weighted by Crippen LogP contribution is 2.27. The van der Waals surface area contributed by atoms with Gasteiger partial charge in [-0.25, -0.2) is 0 Å². The molecule has 1 fully saturated rings. The number of hydrogen-bond acceptors (Lipinski definition) is 3. The third-order valence-electron chi connectivity index (χ3n) is 3.63. The lowest BCUT2D eigenvalue weighted by atomic mass is 9.88. The molecule has 0 bridgehead atoms. The van der Waals surface area contributed by atoms with Crippen molar-refractivity contribution in [3.63, 3.8) is 0 Å². The quantitative estimate of drug-likeness (QED) is 0.878. The molecule has 0 radical (unpaired) electrons. The number of anilines is 1. The van der Waals surface area contributed by atoms with Crippen LogP contribution in [-0.2, 0) is 4.79 Å². The highest BCUT2D eigenvalue weighted by molar-refractivity contribution is 5.94. The van der Waals surface area contributed by atoms with Crippen molar-refractivity contribution in [3.8, 4) is 5.75 Å². The molecule has 1 aliphatic rings. The normalized spacial score (nSPS) is 15.8. The van der Waals surface area contributed by atoms with Crippen molar-refractivity contribution < 1.29 is 9.53 Å². The Labute approximate surface area is 126 Å². The standard InChI is InChI=1S/C15H22N2O2.ClH/c1-4-19-14-7-10(2)5-6-13(14)17-15(18)11(3)12-8-16-9-12;/h5-7,11-12,16H,4,8-9H2,1-3H3,(H,17,18);1H. The predicted molar refractivity (Wildman–Crippen MR) is 83.7 cm³/mol. The van der Waals surface area contributed by atoms with Crippen LogP contribution in [0, 0.1) is 18.8 Å². The van der Waals surface area contributed by atoms with Crippen molar-refractivity contribution >= 4 is 24.0 Å². The third-order valence-corrected chi connectivity index (χ3v) is 3.63. The van der Waals surface area contributed by atoms with Gasteiger partial charge in [0.05, 0.1) is 12.3 Å². The Balaban J connectivity index is 0.00000200. The molecule has 20 heavy (non-hydrogen) atoms. The van der Waals surface area contributed by atoms with E-state index < -0.39 is 0 Å². The molecule has 4 nitrogen and oxygen atoms in total. The van der Waals surface area contributed by atoms with Gasteiger partial charge in [0.25, 0.3) is 0 Å². The highest BCUT2D eigenvalue weighted by atomic mass is 35.5. The smallest absolute Gasteiger partial charge is 0.227 e. The van der Waals surface area contributed by atoms with Crippen molar-refractivity contribution in [2.75, 3.05) is 25.0 Å². The van der Waals surface area contributed by atoms with E-state index in [1.165, 1.54) is 0 Å². The van der Waals surface area contributed by atoms with Gasteiger partial charge in [-0.05, 0) is 50.6 Å². The van der Waals surface area contributed by atoms with Crippen LogP contribution in [0.1, 0.15) is 19.4 Å². The van der Waals surface area contributed by atoms with Crippen LogP contribution >= 0.6 is 12.4 Å². The minimum Gasteiger partial charge on any atom is -0.492 e. The molecule has 5 heteroatoms. The van der Waals surface area contributed by atoms with Gasteiger partial charge >= 0.3 is 0 Å². The van der Waals surface area contributed by atoms with Gasteiger partial charge in [-0.15, -0.1) is 12.4 Å². The number of benzene rings is 1. The van der Waals surface area contributed by atoms with E-state index in [1.54, 1.807) is 0 Å². The molecule has 1 unspecified atom stereocenters. The van der Waals surface area contributed by atoms with Crippen LogP contribution in [-0.4, -0.2) is 25.6 Å². The Bertz CT molecular complexity index is 461. The summed E-state index contributed by atoms with van der Waals surface area (Å²) in [7, 11) is 0. The summed E-state index contributed by atoms with van der Waals surface area (Å²) in [6.45, 7) is 8.39. The Morgan fingerprint density at radius 1 is 1.50 bits per heavy atom. The van der Waals surface area contributed by atoms with Crippen molar-refractivity contribution in [1.29, 1.82) is 0 Å². The summed E-state index contributed by atoms with van der Waals surface area (Å²) in [4.78, 5) is 12.2. The zero-order valence-electron chi connectivity index (χ0n) is 12.2. The number of rotatable bonds is 5. The first-order valence-corrected chi connectivity index (χ1v) is 6.87. The number of ether oxygens (including phenoxy) is 1. The second-order valence-corrected chi connectivity index (χ2v) is 5.13. The fourth-order valence-corrected chi connectivity index (χ4v) is 2.13. The van der Waals surface area contributed by atoms with E-state index >= 15 is 0 Å². The Morgan fingerprint density at radius 3 is 2.75 bits per heavy atom. The van der Waals surface area contributed by atoms with E-state index in [0.29, 0.717) is 12.5 Å². The lowest BCUT2D eigenvalue weighted by molar-refractivity contribution is -0.121. The molecule has 1 saturated heterocycles. The molecule has 1 amide bonds. The molecular weight excluding hydrogens is 276 g/mol. The molecule has 2 rings (SSSR count). The van der Waals surface area contributed by atoms with Gasteiger partial charge in [-0.1, -0.05) is 13.0 Å². The van der Waals surface area contributed by atoms with Gasteiger partial charge in [0.1, 0.15) is 5.75 Å². The van der Waals surface area contributed by atoms with Gasteiger partial charge in [-0.3, -0.25) is 4.79 Å². The van der Waals surface area contributed by atoms with Crippen LogP contribution in [0.2, 0.25) is 0 Å². The topological polar surface area (TPSA) is 50.4 Å². The number of carbonyl (C=O) groups excluding carboxylic acids is 1. The van der Waals surface area contributed by atoms with Crippen LogP contribution < -0.4 is 15.4 Å². The molecule has 1 aliphatic heterocycles. The van der Waals surface area contributed by atoms with E-state index in [9.17, 15) is 4.79 Å². The lowest BCUT2D eigenvalue weighted by Crippen LogP contribution is -2.48. The number of hydrogen-bond donors (Lipinski definition) is 2. The van der Waals surface area contributed by atoms with Gasteiger partial charge in [0.15, 0.2) is 0 Å². The molecule has 112 valence electrons. The second kappa shape index (κ2) is 7.50. The van der Waals surface area contributed by atoms with Crippen LogP contribution in [0.25, 0.3) is 0 Å². The average molecular weight is 299 g/mol. The van der Waals surface area contributed by atoms with Gasteiger partial charge in [0.2, 0.25) is 5.91 Å². The SMILES string of the molecule is CCOc1cc(C)ccc1NC(=O)C(C)C1CNC1.Cl. The molecular formula is C15H23ClN2O2. The molecule has 0 aliphatic carbocycles. The van der Waals surface area contributed by atoms with Crippen LogP contribution in [0.5, 0.6) is 5.75 Å². The molecule has 1 aromatic rings. The maximum atomic E-state index is 12.2. The van der Waals surface area contributed by atoms with E-state index in [4.69, 9.17) is 4.74 Å². The Hall–Kier alpha value is -1.26. The maximum absolute atomic E-state index is 12.2. The monoisotopic (exact) mass is 298 g/mol. The van der Waals surface area contributed by atoms with Crippen molar-refractivity contribution in [2.24, 2.45) is 11.8 Å². The third kappa shape index (κ3) is 3.87. The summed E-state index contributed by atoms with van der Waals surface area (Å²) in [5.41, 5.74) is 1.88. The zero-order chi connectivity index (χ0) is 13.8. The number of aryl methyl sites for hydroxylation is 1. The first-order valence-electron chi connectivity index (χ1n) is 6.87. The summed E-state index contributed by atoms with van der Waals surface area (Å²) in [5, 5.41) is 6.18. The number of halogens is 1.